The second-order valence-corrected chi connectivity index (χ2v) is 9.68. The molecular weight excluding hydrogens is 417 g/mol. The molecule has 6 heteroatoms. The first-order valence-electron chi connectivity index (χ1n) is 12.1. The molecule has 1 unspecified atom stereocenters. The van der Waals surface area contributed by atoms with Crippen LogP contribution in [0.5, 0.6) is 5.75 Å². The molecule has 0 radical (unpaired) electrons. The monoisotopic (exact) mass is 453 g/mol. The van der Waals surface area contributed by atoms with Crippen molar-refractivity contribution in [3.8, 4) is 5.75 Å². The van der Waals surface area contributed by atoms with E-state index >= 15 is 0 Å². The Morgan fingerprint density at radius 3 is 2.67 bits per heavy atom. The summed E-state index contributed by atoms with van der Waals surface area (Å²) < 4.78 is 19.7. The van der Waals surface area contributed by atoms with E-state index < -0.39 is 0 Å². The van der Waals surface area contributed by atoms with Gasteiger partial charge in [0.25, 0.3) is 5.91 Å². The van der Waals surface area contributed by atoms with Crippen molar-refractivity contribution in [3.05, 3.63) is 65.5 Å². The Hall–Kier alpha value is -2.44. The Morgan fingerprint density at radius 2 is 1.88 bits per heavy atom. The summed E-state index contributed by atoms with van der Waals surface area (Å²) in [6.45, 7) is 5.20. The summed E-state index contributed by atoms with van der Waals surface area (Å²) in [5, 5.41) is 0. The fourth-order valence-corrected chi connectivity index (χ4v) is 4.99. The maximum atomic E-state index is 13.5. The number of carbonyl (C=O) groups is 1. The van der Waals surface area contributed by atoms with Crippen molar-refractivity contribution in [3.63, 3.8) is 0 Å². The number of rotatable bonds is 7. The molecule has 2 aliphatic rings. The molecule has 2 fully saturated rings. The topological polar surface area (TPSA) is 36.0 Å². The van der Waals surface area contributed by atoms with Gasteiger partial charge in [-0.2, -0.15) is 0 Å². The zero-order valence-corrected chi connectivity index (χ0v) is 19.9. The zero-order valence-electron chi connectivity index (χ0n) is 19.9. The van der Waals surface area contributed by atoms with E-state index in [4.69, 9.17) is 4.74 Å². The van der Waals surface area contributed by atoms with Gasteiger partial charge in [-0.05, 0) is 88.8 Å². The summed E-state index contributed by atoms with van der Waals surface area (Å²) in [6, 6.07) is 15.0. The lowest BCUT2D eigenvalue weighted by atomic mass is 9.98. The van der Waals surface area contributed by atoms with E-state index in [1.807, 2.05) is 11.0 Å². The summed E-state index contributed by atoms with van der Waals surface area (Å²) in [5.74, 6) is 0.692. The summed E-state index contributed by atoms with van der Waals surface area (Å²) >= 11 is 0. The van der Waals surface area contributed by atoms with Gasteiger partial charge in [0.15, 0.2) is 0 Å². The molecular formula is C27H36FN3O2. The van der Waals surface area contributed by atoms with Crippen molar-refractivity contribution in [1.82, 2.24) is 14.7 Å². The number of nitrogens with zero attached hydrogens (tertiary/aromatic N) is 3. The molecule has 33 heavy (non-hydrogen) atoms. The van der Waals surface area contributed by atoms with Crippen molar-refractivity contribution in [2.45, 2.75) is 38.3 Å². The molecule has 1 atom stereocenters. The van der Waals surface area contributed by atoms with Crippen molar-refractivity contribution in [2.75, 3.05) is 46.9 Å². The third-order valence-corrected chi connectivity index (χ3v) is 7.01. The number of piperidine rings is 2. The number of ether oxygens (including phenoxy) is 1. The highest BCUT2D eigenvalue weighted by Gasteiger charge is 2.25. The van der Waals surface area contributed by atoms with Gasteiger partial charge < -0.3 is 14.5 Å². The Balaban J connectivity index is 1.28. The zero-order chi connectivity index (χ0) is 23.2. The highest BCUT2D eigenvalue weighted by Crippen LogP contribution is 2.23. The van der Waals surface area contributed by atoms with Gasteiger partial charge in [0.1, 0.15) is 11.6 Å². The van der Waals surface area contributed by atoms with E-state index in [-0.39, 0.29) is 17.6 Å². The highest BCUT2D eigenvalue weighted by molar-refractivity contribution is 5.94. The second-order valence-electron chi connectivity index (χ2n) is 9.68. The predicted molar refractivity (Wildman–Crippen MR) is 129 cm³/mol. The molecule has 2 heterocycles. The van der Waals surface area contributed by atoms with Crippen molar-refractivity contribution in [1.29, 1.82) is 0 Å². The molecule has 4 rings (SSSR count). The fraction of sp³-hybridized carbons (Fsp3) is 0.519. The Morgan fingerprint density at radius 1 is 1.09 bits per heavy atom. The molecule has 0 N–H and O–H groups in total. The normalized spacial score (nSPS) is 20.2. The molecule has 5 nitrogen and oxygen atoms in total. The molecule has 0 bridgehead atoms. The van der Waals surface area contributed by atoms with Gasteiger partial charge >= 0.3 is 0 Å². The standard InChI is InChI=1S/C27H36FN3O2/c1-29-14-11-25(12-15-29)30(2)18-21-6-3-10-26(16-21)33-20-22-7-5-13-31(19-22)27(32)23-8-4-9-24(28)17-23/h3-4,6,8-10,16-17,22,25H,5,7,11-15,18-20H2,1-2H3. The quantitative estimate of drug-likeness (QED) is 0.627. The highest BCUT2D eigenvalue weighted by atomic mass is 19.1. The molecule has 2 saturated heterocycles. The van der Waals surface area contributed by atoms with Crippen LogP contribution in [0, 0.1) is 11.7 Å². The lowest BCUT2D eigenvalue weighted by Crippen LogP contribution is -2.41. The average Bonchev–Trinajstić information content (AvgIpc) is 2.83. The second kappa shape index (κ2) is 11.1. The molecule has 1 amide bonds. The minimum atomic E-state index is -0.376. The number of carbonyl (C=O) groups excluding carboxylic acids is 1. The van der Waals surface area contributed by atoms with Crippen LogP contribution in [0.25, 0.3) is 0 Å². The van der Waals surface area contributed by atoms with Gasteiger partial charge in [-0.25, -0.2) is 4.39 Å². The average molecular weight is 454 g/mol. The third kappa shape index (κ3) is 6.55. The van der Waals surface area contributed by atoms with E-state index in [0.29, 0.717) is 31.3 Å². The van der Waals surface area contributed by atoms with E-state index in [1.165, 1.54) is 30.5 Å². The van der Waals surface area contributed by atoms with Gasteiger partial charge in [-0.1, -0.05) is 18.2 Å². The summed E-state index contributed by atoms with van der Waals surface area (Å²) in [6.07, 6.45) is 4.41. The van der Waals surface area contributed by atoms with Crippen LogP contribution in [0.1, 0.15) is 41.6 Å². The van der Waals surface area contributed by atoms with Crippen LogP contribution in [0.2, 0.25) is 0 Å². The third-order valence-electron chi connectivity index (χ3n) is 7.01. The van der Waals surface area contributed by atoms with Crippen LogP contribution >= 0.6 is 0 Å². The van der Waals surface area contributed by atoms with Crippen molar-refractivity contribution in [2.24, 2.45) is 5.92 Å². The first kappa shape index (κ1) is 23.7. The van der Waals surface area contributed by atoms with Crippen molar-refractivity contribution < 1.29 is 13.9 Å². The summed E-state index contributed by atoms with van der Waals surface area (Å²) in [4.78, 5) is 19.5. The number of hydrogen-bond donors (Lipinski definition) is 0. The lowest BCUT2D eigenvalue weighted by molar-refractivity contribution is 0.0633. The number of amides is 1. The lowest BCUT2D eigenvalue weighted by Gasteiger charge is -2.35. The maximum Gasteiger partial charge on any atom is 0.253 e. The molecule has 0 aromatic heterocycles. The van der Waals surface area contributed by atoms with Crippen LogP contribution in [0.3, 0.4) is 0 Å². The van der Waals surface area contributed by atoms with Gasteiger partial charge in [0.05, 0.1) is 6.61 Å². The van der Waals surface area contributed by atoms with Crippen molar-refractivity contribution >= 4 is 5.91 Å². The number of likely N-dealkylation sites (tertiary alicyclic amines) is 2. The van der Waals surface area contributed by atoms with Crippen LogP contribution < -0.4 is 4.74 Å². The van der Waals surface area contributed by atoms with E-state index in [2.05, 4.69) is 42.1 Å². The van der Waals surface area contributed by atoms with Gasteiger partial charge in [0, 0.05) is 37.2 Å². The van der Waals surface area contributed by atoms with Crippen LogP contribution in [0.15, 0.2) is 48.5 Å². The maximum absolute atomic E-state index is 13.5. The largest absolute Gasteiger partial charge is 0.493 e. The summed E-state index contributed by atoms with van der Waals surface area (Å²) in [7, 11) is 4.41. The Labute approximate surface area is 197 Å². The molecule has 0 spiro atoms. The minimum Gasteiger partial charge on any atom is -0.493 e. The van der Waals surface area contributed by atoms with E-state index in [0.717, 1.165) is 38.2 Å². The summed E-state index contributed by atoms with van der Waals surface area (Å²) in [5.41, 5.74) is 1.68. The number of hydrogen-bond acceptors (Lipinski definition) is 4. The molecule has 2 aliphatic heterocycles. The fourth-order valence-electron chi connectivity index (χ4n) is 4.99. The van der Waals surface area contributed by atoms with Crippen LogP contribution in [0.4, 0.5) is 4.39 Å². The molecule has 0 saturated carbocycles. The number of benzene rings is 2. The Kier molecular flexibility index (Phi) is 7.99. The number of halogens is 1. The molecule has 2 aromatic carbocycles. The van der Waals surface area contributed by atoms with Gasteiger partial charge in [-0.3, -0.25) is 9.69 Å². The first-order chi connectivity index (χ1) is 16.0. The Bertz CT molecular complexity index is 929. The molecule has 0 aliphatic carbocycles. The van der Waals surface area contributed by atoms with E-state index in [9.17, 15) is 9.18 Å². The van der Waals surface area contributed by atoms with Gasteiger partial charge in [0.2, 0.25) is 0 Å². The first-order valence-corrected chi connectivity index (χ1v) is 12.1. The SMILES string of the molecule is CN1CCC(N(C)Cc2cccc(OCC3CCCN(C(=O)c4cccc(F)c4)C3)c2)CC1. The molecule has 2 aromatic rings. The molecule has 178 valence electrons. The van der Waals surface area contributed by atoms with Crippen LogP contribution in [-0.2, 0) is 6.54 Å². The smallest absolute Gasteiger partial charge is 0.253 e. The minimum absolute atomic E-state index is 0.0989. The van der Waals surface area contributed by atoms with E-state index in [1.54, 1.807) is 12.1 Å². The van der Waals surface area contributed by atoms with Crippen LogP contribution in [-0.4, -0.2) is 73.5 Å². The van der Waals surface area contributed by atoms with Gasteiger partial charge in [-0.15, -0.1) is 0 Å². The predicted octanol–water partition coefficient (Wildman–Crippen LogP) is 4.28.